The maximum Gasteiger partial charge on any atom is 0.317 e. The first-order chi connectivity index (χ1) is 9.61. The van der Waals surface area contributed by atoms with Crippen LogP contribution in [-0.4, -0.2) is 43.7 Å². The van der Waals surface area contributed by atoms with Gasteiger partial charge in [0.1, 0.15) is 5.51 Å². The molecule has 7 nitrogen and oxygen atoms in total. The Kier molecular flexibility index (Phi) is 3.49. The molecular weight excluding hydrogens is 280 g/mol. The second-order valence-electron chi connectivity index (χ2n) is 5.03. The summed E-state index contributed by atoms with van der Waals surface area (Å²) in [5.74, 6) is -0.274. The molecule has 1 fully saturated rings. The van der Waals surface area contributed by atoms with Crippen LogP contribution in [0, 0.1) is 5.92 Å². The topological polar surface area (TPSA) is 87.8 Å². The fraction of sp³-hybridized carbons (Fsp3) is 0.500. The van der Waals surface area contributed by atoms with E-state index in [0.29, 0.717) is 23.1 Å². The van der Waals surface area contributed by atoms with Gasteiger partial charge in [-0.25, -0.2) is 4.98 Å². The SMILES string of the molecule is O=C(O)CN(Cc1cc(=O)n2ncsc2n1)CC1CC1. The van der Waals surface area contributed by atoms with Crippen LogP contribution in [0.25, 0.3) is 4.96 Å². The number of carboxylic acids is 1. The van der Waals surface area contributed by atoms with Crippen molar-refractivity contribution in [2.45, 2.75) is 19.4 Å². The van der Waals surface area contributed by atoms with E-state index in [4.69, 9.17) is 5.11 Å². The molecule has 0 aliphatic heterocycles. The minimum Gasteiger partial charge on any atom is -0.480 e. The van der Waals surface area contributed by atoms with Crippen LogP contribution in [0.4, 0.5) is 0 Å². The fourth-order valence-electron chi connectivity index (χ4n) is 2.15. The molecule has 0 aromatic carbocycles. The van der Waals surface area contributed by atoms with Crippen LogP contribution < -0.4 is 5.56 Å². The summed E-state index contributed by atoms with van der Waals surface area (Å²) >= 11 is 1.29. The van der Waals surface area contributed by atoms with Crippen LogP contribution >= 0.6 is 11.3 Å². The van der Waals surface area contributed by atoms with Gasteiger partial charge in [-0.1, -0.05) is 11.3 Å². The molecule has 1 saturated carbocycles. The molecule has 0 spiro atoms. The van der Waals surface area contributed by atoms with Gasteiger partial charge in [0, 0.05) is 19.2 Å². The molecule has 0 atom stereocenters. The minimum atomic E-state index is -0.860. The van der Waals surface area contributed by atoms with Crippen molar-refractivity contribution in [2.75, 3.05) is 13.1 Å². The maximum absolute atomic E-state index is 11.8. The van der Waals surface area contributed by atoms with Crippen molar-refractivity contribution in [1.29, 1.82) is 0 Å². The molecule has 8 heteroatoms. The highest BCUT2D eigenvalue weighted by Crippen LogP contribution is 2.30. The Morgan fingerprint density at radius 2 is 2.35 bits per heavy atom. The predicted octanol–water partition coefficient (Wildman–Crippen LogP) is 0.448. The zero-order valence-electron chi connectivity index (χ0n) is 10.7. The highest BCUT2D eigenvalue weighted by Gasteiger charge is 2.25. The summed E-state index contributed by atoms with van der Waals surface area (Å²) < 4.78 is 1.25. The van der Waals surface area contributed by atoms with E-state index in [1.54, 1.807) is 5.51 Å². The number of rotatable bonds is 6. The molecule has 1 aliphatic rings. The second kappa shape index (κ2) is 5.29. The molecule has 2 aromatic heterocycles. The largest absolute Gasteiger partial charge is 0.480 e. The molecule has 20 heavy (non-hydrogen) atoms. The standard InChI is InChI=1S/C12H14N4O3S/c17-10-3-9(14-12-16(10)13-7-20-12)5-15(6-11(18)19)4-8-1-2-8/h3,7-8H,1-2,4-6H2,(H,18,19). The summed E-state index contributed by atoms with van der Waals surface area (Å²) in [6, 6.07) is 1.43. The fourth-order valence-corrected chi connectivity index (χ4v) is 2.80. The molecular formula is C12H14N4O3S. The maximum atomic E-state index is 11.8. The molecule has 3 rings (SSSR count). The van der Waals surface area contributed by atoms with E-state index in [1.165, 1.54) is 21.9 Å². The molecule has 2 aromatic rings. The summed E-state index contributed by atoms with van der Waals surface area (Å²) in [6.45, 7) is 1.10. The van der Waals surface area contributed by atoms with Crippen molar-refractivity contribution in [2.24, 2.45) is 5.92 Å². The Morgan fingerprint density at radius 3 is 3.05 bits per heavy atom. The Hall–Kier alpha value is -1.80. The van der Waals surface area contributed by atoms with Gasteiger partial charge in [-0.3, -0.25) is 14.5 Å². The Morgan fingerprint density at radius 1 is 1.55 bits per heavy atom. The third-order valence-corrected chi connectivity index (χ3v) is 3.87. The average molecular weight is 294 g/mol. The van der Waals surface area contributed by atoms with Gasteiger partial charge < -0.3 is 5.11 Å². The van der Waals surface area contributed by atoms with Gasteiger partial charge >= 0.3 is 5.97 Å². The normalized spacial score (nSPS) is 15.1. The number of aromatic nitrogens is 3. The first kappa shape index (κ1) is 13.2. The van der Waals surface area contributed by atoms with E-state index in [-0.39, 0.29) is 12.1 Å². The molecule has 0 radical (unpaired) electrons. The molecule has 1 aliphatic carbocycles. The predicted molar refractivity (Wildman–Crippen MR) is 72.8 cm³/mol. The van der Waals surface area contributed by atoms with Crippen LogP contribution in [-0.2, 0) is 11.3 Å². The van der Waals surface area contributed by atoms with Crippen molar-refractivity contribution in [3.8, 4) is 0 Å². The van der Waals surface area contributed by atoms with Gasteiger partial charge in [0.05, 0.1) is 12.2 Å². The lowest BCUT2D eigenvalue weighted by Crippen LogP contribution is -2.32. The number of hydrogen-bond acceptors (Lipinski definition) is 6. The van der Waals surface area contributed by atoms with E-state index in [9.17, 15) is 9.59 Å². The van der Waals surface area contributed by atoms with Gasteiger partial charge in [-0.15, -0.1) is 0 Å². The van der Waals surface area contributed by atoms with E-state index < -0.39 is 5.97 Å². The van der Waals surface area contributed by atoms with Gasteiger partial charge in [-0.2, -0.15) is 9.61 Å². The molecule has 0 unspecified atom stereocenters. The van der Waals surface area contributed by atoms with E-state index in [2.05, 4.69) is 10.1 Å². The highest BCUT2D eigenvalue weighted by atomic mass is 32.1. The lowest BCUT2D eigenvalue weighted by Gasteiger charge is -2.19. The van der Waals surface area contributed by atoms with Crippen LogP contribution in [0.5, 0.6) is 0 Å². The first-order valence-electron chi connectivity index (χ1n) is 6.38. The van der Waals surface area contributed by atoms with E-state index >= 15 is 0 Å². The Labute approximate surface area is 118 Å². The average Bonchev–Trinajstić information content (AvgIpc) is 3.03. The molecule has 0 bridgehead atoms. The number of fused-ring (bicyclic) bond motifs is 1. The summed E-state index contributed by atoms with van der Waals surface area (Å²) in [4.78, 5) is 29.5. The molecule has 0 saturated heterocycles. The van der Waals surface area contributed by atoms with Crippen molar-refractivity contribution < 1.29 is 9.90 Å². The molecule has 106 valence electrons. The van der Waals surface area contributed by atoms with Gasteiger partial charge in [-0.05, 0) is 18.8 Å². The number of carbonyl (C=O) groups is 1. The third-order valence-electron chi connectivity index (χ3n) is 3.20. The van der Waals surface area contributed by atoms with Crippen molar-refractivity contribution in [3.05, 3.63) is 27.6 Å². The van der Waals surface area contributed by atoms with Crippen LogP contribution in [0.1, 0.15) is 18.5 Å². The second-order valence-corrected chi connectivity index (χ2v) is 5.84. The summed E-state index contributed by atoms with van der Waals surface area (Å²) in [5, 5.41) is 12.9. The number of hydrogen-bond donors (Lipinski definition) is 1. The lowest BCUT2D eigenvalue weighted by molar-refractivity contribution is -0.138. The molecule has 0 amide bonds. The number of carboxylic acid groups (broad SMARTS) is 1. The highest BCUT2D eigenvalue weighted by molar-refractivity contribution is 7.14. The smallest absolute Gasteiger partial charge is 0.317 e. The Balaban J connectivity index is 1.80. The van der Waals surface area contributed by atoms with Crippen molar-refractivity contribution in [1.82, 2.24) is 19.5 Å². The minimum absolute atomic E-state index is 0.0275. The number of nitrogens with zero attached hydrogens (tertiary/aromatic N) is 4. The van der Waals surface area contributed by atoms with Crippen LogP contribution in [0.2, 0.25) is 0 Å². The summed E-state index contributed by atoms with van der Waals surface area (Å²) in [7, 11) is 0. The summed E-state index contributed by atoms with van der Waals surface area (Å²) in [6.07, 6.45) is 2.31. The van der Waals surface area contributed by atoms with Gasteiger partial charge in [0.2, 0.25) is 4.96 Å². The van der Waals surface area contributed by atoms with E-state index in [1.807, 2.05) is 4.90 Å². The molecule has 2 heterocycles. The van der Waals surface area contributed by atoms with Gasteiger partial charge in [0.25, 0.3) is 5.56 Å². The molecule has 1 N–H and O–H groups in total. The van der Waals surface area contributed by atoms with Crippen LogP contribution in [0.15, 0.2) is 16.4 Å². The monoisotopic (exact) mass is 294 g/mol. The summed E-state index contributed by atoms with van der Waals surface area (Å²) in [5.41, 5.74) is 1.93. The van der Waals surface area contributed by atoms with Crippen molar-refractivity contribution >= 4 is 22.3 Å². The number of aliphatic carboxylic acids is 1. The van der Waals surface area contributed by atoms with Crippen LogP contribution in [0.3, 0.4) is 0 Å². The first-order valence-corrected chi connectivity index (χ1v) is 7.26. The third kappa shape index (κ3) is 3.02. The Bertz CT molecular complexity index is 691. The van der Waals surface area contributed by atoms with E-state index in [0.717, 1.165) is 19.4 Å². The lowest BCUT2D eigenvalue weighted by atomic mass is 10.3. The van der Waals surface area contributed by atoms with Gasteiger partial charge in [0.15, 0.2) is 0 Å². The van der Waals surface area contributed by atoms with Crippen molar-refractivity contribution in [3.63, 3.8) is 0 Å². The quantitative estimate of drug-likeness (QED) is 0.832. The zero-order chi connectivity index (χ0) is 14.1. The zero-order valence-corrected chi connectivity index (χ0v) is 11.5.